The summed E-state index contributed by atoms with van der Waals surface area (Å²) in [7, 11) is 0. The monoisotopic (exact) mass is 710 g/mol. The SMILES string of the molecule is CCCCCCCCc1c(CCCC)cc(C=C(CC)C(C)=Nc2cc(CCCC)c(-c3ccccc3)c(CCCCCC)c2)cc1-c1ccccc1. The molecule has 0 amide bonds. The fraction of sp³-hybridized carbons (Fsp3) is 0.481. The largest absolute Gasteiger partial charge is 0.253 e. The summed E-state index contributed by atoms with van der Waals surface area (Å²) in [5.74, 6) is 0. The number of hydrogen-bond acceptors (Lipinski definition) is 1. The molecule has 0 atom stereocenters. The lowest BCUT2D eigenvalue weighted by molar-refractivity contribution is 0.606. The van der Waals surface area contributed by atoms with E-state index < -0.39 is 0 Å². The van der Waals surface area contributed by atoms with Gasteiger partial charge in [0.15, 0.2) is 0 Å². The van der Waals surface area contributed by atoms with Crippen LogP contribution in [0.2, 0.25) is 0 Å². The van der Waals surface area contributed by atoms with Crippen molar-refractivity contribution in [1.29, 1.82) is 0 Å². The fourth-order valence-electron chi connectivity index (χ4n) is 7.91. The number of rotatable bonds is 24. The second-order valence-electron chi connectivity index (χ2n) is 15.3. The van der Waals surface area contributed by atoms with E-state index in [0.29, 0.717) is 0 Å². The molecule has 53 heavy (non-hydrogen) atoms. The normalized spacial score (nSPS) is 12.1. The van der Waals surface area contributed by atoms with Gasteiger partial charge in [0.1, 0.15) is 0 Å². The minimum absolute atomic E-state index is 0.953. The van der Waals surface area contributed by atoms with Crippen LogP contribution in [0.15, 0.2) is 95.5 Å². The standard InChI is InChI=1S/C52H71N/c1-7-12-16-18-19-27-35-50-46(28-14-9-3)37-42(38-51(50)44-30-23-20-24-31-44)36-43(11-5)41(6)53-49-39-47(29-15-10-4)52(45-32-25-21-26-33-45)48(40-49)34-22-17-13-8-2/h20-21,23-26,30-33,36-40H,7-19,22,27-29,34-35H2,1-6H3. The Hall–Kier alpha value is -3.71. The molecule has 4 aromatic rings. The predicted octanol–water partition coefficient (Wildman–Crippen LogP) is 16.3. The van der Waals surface area contributed by atoms with Crippen LogP contribution in [-0.4, -0.2) is 5.71 Å². The van der Waals surface area contributed by atoms with Crippen molar-refractivity contribution in [2.45, 2.75) is 164 Å². The van der Waals surface area contributed by atoms with Gasteiger partial charge in [-0.15, -0.1) is 0 Å². The first-order valence-electron chi connectivity index (χ1n) is 21.7. The van der Waals surface area contributed by atoms with E-state index in [1.807, 2.05) is 0 Å². The fourth-order valence-corrected chi connectivity index (χ4v) is 7.91. The second kappa shape index (κ2) is 23.9. The smallest absolute Gasteiger partial charge is 0.0638 e. The van der Waals surface area contributed by atoms with E-state index in [2.05, 4.69) is 133 Å². The lowest BCUT2D eigenvalue weighted by atomic mass is 9.87. The molecular weight excluding hydrogens is 639 g/mol. The average Bonchev–Trinajstić information content (AvgIpc) is 3.19. The van der Waals surface area contributed by atoms with Crippen LogP contribution in [0.25, 0.3) is 28.3 Å². The Morgan fingerprint density at radius 3 is 1.62 bits per heavy atom. The van der Waals surface area contributed by atoms with E-state index in [4.69, 9.17) is 4.99 Å². The van der Waals surface area contributed by atoms with Gasteiger partial charge in [-0.05, 0) is 145 Å². The molecule has 0 fully saturated rings. The van der Waals surface area contributed by atoms with Gasteiger partial charge in [-0.1, -0.05) is 166 Å². The predicted molar refractivity (Wildman–Crippen MR) is 237 cm³/mol. The van der Waals surface area contributed by atoms with Crippen LogP contribution < -0.4 is 0 Å². The molecule has 0 saturated carbocycles. The lowest BCUT2D eigenvalue weighted by Crippen LogP contribution is -2.02. The molecule has 0 N–H and O–H groups in total. The Balaban J connectivity index is 1.77. The first-order valence-corrected chi connectivity index (χ1v) is 21.7. The van der Waals surface area contributed by atoms with Gasteiger partial charge in [0.05, 0.1) is 5.69 Å². The molecule has 0 aliphatic rings. The summed E-state index contributed by atoms with van der Waals surface area (Å²) < 4.78 is 0. The number of aryl methyl sites for hydroxylation is 3. The van der Waals surface area contributed by atoms with Gasteiger partial charge in [-0.25, -0.2) is 0 Å². The second-order valence-corrected chi connectivity index (χ2v) is 15.3. The highest BCUT2D eigenvalue weighted by atomic mass is 14.7. The first kappa shape index (κ1) is 42.0. The minimum Gasteiger partial charge on any atom is -0.253 e. The number of benzene rings is 4. The quantitative estimate of drug-likeness (QED) is 0.0507. The molecule has 284 valence electrons. The molecule has 0 radical (unpaired) electrons. The third kappa shape index (κ3) is 13.3. The van der Waals surface area contributed by atoms with E-state index in [0.717, 1.165) is 37.1 Å². The van der Waals surface area contributed by atoms with Gasteiger partial charge in [-0.2, -0.15) is 0 Å². The maximum Gasteiger partial charge on any atom is 0.0638 e. The zero-order valence-corrected chi connectivity index (χ0v) is 34.5. The van der Waals surface area contributed by atoms with Crippen molar-refractivity contribution in [1.82, 2.24) is 0 Å². The van der Waals surface area contributed by atoms with Crippen molar-refractivity contribution >= 4 is 17.5 Å². The molecule has 0 aliphatic heterocycles. The number of nitrogens with zero attached hydrogens (tertiary/aromatic N) is 1. The zero-order valence-electron chi connectivity index (χ0n) is 34.5. The van der Waals surface area contributed by atoms with Crippen LogP contribution in [0.5, 0.6) is 0 Å². The summed E-state index contributed by atoms with van der Waals surface area (Å²) >= 11 is 0. The highest BCUT2D eigenvalue weighted by Gasteiger charge is 2.16. The van der Waals surface area contributed by atoms with Crippen LogP contribution in [0.4, 0.5) is 5.69 Å². The summed E-state index contributed by atoms with van der Waals surface area (Å²) in [6.07, 6.45) is 25.8. The Morgan fingerprint density at radius 2 is 1.02 bits per heavy atom. The molecule has 4 rings (SSSR count). The molecular formula is C52H71N. The van der Waals surface area contributed by atoms with E-state index in [-0.39, 0.29) is 0 Å². The number of unbranched alkanes of at least 4 members (excludes halogenated alkanes) is 10. The molecule has 0 bridgehead atoms. The zero-order chi connectivity index (χ0) is 37.7. The minimum atomic E-state index is 0.953. The van der Waals surface area contributed by atoms with Gasteiger partial charge in [0, 0.05) is 5.71 Å². The van der Waals surface area contributed by atoms with E-state index in [1.165, 1.54) is 141 Å². The molecule has 0 aliphatic carbocycles. The van der Waals surface area contributed by atoms with Gasteiger partial charge in [0.2, 0.25) is 0 Å². The van der Waals surface area contributed by atoms with Crippen LogP contribution in [0, 0.1) is 0 Å². The van der Waals surface area contributed by atoms with Gasteiger partial charge in [0.25, 0.3) is 0 Å². The summed E-state index contributed by atoms with van der Waals surface area (Å²) in [5, 5.41) is 0. The van der Waals surface area contributed by atoms with E-state index in [1.54, 1.807) is 11.1 Å². The van der Waals surface area contributed by atoms with Gasteiger partial charge >= 0.3 is 0 Å². The summed E-state index contributed by atoms with van der Waals surface area (Å²) in [4.78, 5) is 5.42. The molecule has 0 aromatic heterocycles. The van der Waals surface area contributed by atoms with Crippen molar-refractivity contribution in [3.05, 3.63) is 118 Å². The van der Waals surface area contributed by atoms with Crippen LogP contribution in [-0.2, 0) is 25.7 Å². The van der Waals surface area contributed by atoms with Crippen LogP contribution >= 0.6 is 0 Å². The molecule has 0 unspecified atom stereocenters. The van der Waals surface area contributed by atoms with Crippen molar-refractivity contribution in [3.63, 3.8) is 0 Å². The number of hydrogen-bond donors (Lipinski definition) is 0. The number of aliphatic imine (C=N–C) groups is 1. The molecule has 1 heteroatoms. The molecule has 0 saturated heterocycles. The first-order chi connectivity index (χ1) is 26.0. The van der Waals surface area contributed by atoms with Crippen molar-refractivity contribution < 1.29 is 0 Å². The van der Waals surface area contributed by atoms with Crippen molar-refractivity contribution in [3.8, 4) is 22.3 Å². The maximum absolute atomic E-state index is 5.42. The average molecular weight is 710 g/mol. The topological polar surface area (TPSA) is 12.4 Å². The third-order valence-corrected chi connectivity index (χ3v) is 11.0. The Morgan fingerprint density at radius 1 is 0.509 bits per heavy atom. The van der Waals surface area contributed by atoms with Gasteiger partial charge < -0.3 is 0 Å². The molecule has 0 heterocycles. The maximum atomic E-state index is 5.42. The Kier molecular flexibility index (Phi) is 18.9. The molecule has 1 nitrogen and oxygen atoms in total. The molecule has 0 spiro atoms. The van der Waals surface area contributed by atoms with E-state index in [9.17, 15) is 0 Å². The number of allylic oxidation sites excluding steroid dienone is 1. The van der Waals surface area contributed by atoms with Crippen molar-refractivity contribution in [2.75, 3.05) is 0 Å². The van der Waals surface area contributed by atoms with Crippen LogP contribution in [0.1, 0.15) is 166 Å². The van der Waals surface area contributed by atoms with Crippen LogP contribution in [0.3, 0.4) is 0 Å². The van der Waals surface area contributed by atoms with Crippen molar-refractivity contribution in [2.24, 2.45) is 4.99 Å². The summed E-state index contributed by atoms with van der Waals surface area (Å²) in [6, 6.07) is 32.1. The molecule has 4 aromatic carbocycles. The van der Waals surface area contributed by atoms with E-state index >= 15 is 0 Å². The summed E-state index contributed by atoms with van der Waals surface area (Å²) in [5.41, 5.74) is 16.5. The third-order valence-electron chi connectivity index (χ3n) is 11.0. The summed E-state index contributed by atoms with van der Waals surface area (Å²) in [6.45, 7) is 13.7. The highest BCUT2D eigenvalue weighted by Crippen LogP contribution is 2.36. The van der Waals surface area contributed by atoms with Gasteiger partial charge in [-0.3, -0.25) is 4.99 Å². The Labute approximate surface area is 325 Å². The highest BCUT2D eigenvalue weighted by molar-refractivity contribution is 6.03. The Bertz CT molecular complexity index is 1690. The lowest BCUT2D eigenvalue weighted by Gasteiger charge is -2.18.